The summed E-state index contributed by atoms with van der Waals surface area (Å²) in [4.78, 5) is 8.47. The minimum atomic E-state index is 0.327. The van der Waals surface area contributed by atoms with Crippen LogP contribution in [0, 0.1) is 0 Å². The van der Waals surface area contributed by atoms with E-state index < -0.39 is 0 Å². The lowest BCUT2D eigenvalue weighted by Crippen LogP contribution is -2.26. The Kier molecular flexibility index (Phi) is 12.6. The summed E-state index contributed by atoms with van der Waals surface area (Å²) >= 11 is 0. The minimum Gasteiger partial charge on any atom is -0.355 e. The minimum absolute atomic E-state index is 0.327. The van der Waals surface area contributed by atoms with Gasteiger partial charge in [-0.1, -0.05) is 214 Å². The lowest BCUT2D eigenvalue weighted by molar-refractivity contribution is 0.829. The van der Waals surface area contributed by atoms with Crippen molar-refractivity contribution in [2.45, 2.75) is 26.3 Å². The smallest absolute Gasteiger partial charge is 0.0632 e. The summed E-state index contributed by atoms with van der Waals surface area (Å²) in [5.74, 6) is 0. The molecule has 2 aliphatic rings. The molecule has 2 heterocycles. The third-order valence-electron chi connectivity index (χ3n) is 15.3. The summed E-state index contributed by atoms with van der Waals surface area (Å²) in [5.41, 5.74) is 25.4. The van der Waals surface area contributed by atoms with Gasteiger partial charge in [0.15, 0.2) is 0 Å². The van der Waals surface area contributed by atoms with Gasteiger partial charge < -0.3 is 14.8 Å². The number of fused-ring (bicyclic) bond motifs is 6. The van der Waals surface area contributed by atoms with Gasteiger partial charge in [0.05, 0.1) is 6.04 Å². The van der Waals surface area contributed by atoms with E-state index in [-0.39, 0.29) is 0 Å². The van der Waals surface area contributed by atoms with Crippen LogP contribution < -0.4 is 9.80 Å². The number of benzene rings is 11. The molecular weight excluding hydrogens is 931 g/mol. The molecule has 3 heteroatoms. The third-order valence-corrected chi connectivity index (χ3v) is 15.3. The van der Waals surface area contributed by atoms with Gasteiger partial charge in [0, 0.05) is 55.8 Å². The van der Waals surface area contributed by atoms with Gasteiger partial charge in [0.2, 0.25) is 0 Å². The van der Waals surface area contributed by atoms with Crippen LogP contribution in [0.25, 0.3) is 94.1 Å². The summed E-state index contributed by atoms with van der Waals surface area (Å²) in [5, 5.41) is 2.46. The van der Waals surface area contributed by atoms with Crippen LogP contribution >= 0.6 is 0 Å². The quantitative estimate of drug-likeness (QED) is 0.148. The predicted molar refractivity (Wildman–Crippen MR) is 329 cm³/mol. The van der Waals surface area contributed by atoms with Crippen LogP contribution in [-0.2, 0) is 0 Å². The summed E-state index contributed by atoms with van der Waals surface area (Å²) < 4.78 is 0. The van der Waals surface area contributed by atoms with E-state index in [1.165, 1.54) is 100 Å². The first kappa shape index (κ1) is 47.0. The number of aromatic nitrogens is 1. The lowest BCUT2D eigenvalue weighted by Gasteiger charge is -2.28. The number of anilines is 5. The molecule has 0 amide bonds. The van der Waals surface area contributed by atoms with Gasteiger partial charge in [0.1, 0.15) is 0 Å². The molecule has 1 aliphatic heterocycles. The molecule has 3 nitrogen and oxygen atoms in total. The number of H-pyrrole nitrogens is 1. The van der Waals surface area contributed by atoms with Crippen LogP contribution in [0.15, 0.2) is 285 Å². The summed E-state index contributed by atoms with van der Waals surface area (Å²) in [6.45, 7) is 4.00. The number of hydrogen-bond acceptors (Lipinski definition) is 2. The van der Waals surface area contributed by atoms with Crippen LogP contribution in [0.5, 0.6) is 0 Å². The van der Waals surface area contributed by atoms with Crippen molar-refractivity contribution < 1.29 is 0 Å². The van der Waals surface area contributed by atoms with Gasteiger partial charge in [-0.25, -0.2) is 0 Å². The van der Waals surface area contributed by atoms with E-state index in [1.54, 1.807) is 0 Å². The maximum atomic E-state index is 3.67. The Hall–Kier alpha value is -9.70. The maximum Gasteiger partial charge on any atom is 0.0632 e. The van der Waals surface area contributed by atoms with Crippen molar-refractivity contribution in [3.8, 4) is 66.8 Å². The Bertz CT molecular complexity index is 4040. The highest BCUT2D eigenvalue weighted by atomic mass is 15.2. The molecule has 14 rings (SSSR count). The molecular formula is C74H57N3. The molecule has 1 aliphatic carbocycles. The fourth-order valence-electron chi connectivity index (χ4n) is 11.4. The predicted octanol–water partition coefficient (Wildman–Crippen LogP) is 20.7. The van der Waals surface area contributed by atoms with Crippen LogP contribution in [0.3, 0.4) is 0 Å². The molecule has 12 aromatic rings. The van der Waals surface area contributed by atoms with Crippen molar-refractivity contribution in [1.82, 2.24) is 4.98 Å². The summed E-state index contributed by atoms with van der Waals surface area (Å²) in [7, 11) is 0. The fraction of sp³-hybridized carbons (Fsp3) is 0.0541. The highest BCUT2D eigenvalue weighted by Gasteiger charge is 2.35. The zero-order valence-corrected chi connectivity index (χ0v) is 43.3. The number of allylic oxidation sites excluding steroid dienone is 2. The second-order valence-corrected chi connectivity index (χ2v) is 19.7. The first-order chi connectivity index (χ1) is 38.1. The Labute approximate surface area is 452 Å². The average molecular weight is 988 g/mol. The highest BCUT2D eigenvalue weighted by molar-refractivity contribution is 6.10. The lowest BCUT2D eigenvalue weighted by atomic mass is 9.93. The number of nitrogens with one attached hydrogen (secondary N) is 1. The van der Waals surface area contributed by atoms with E-state index >= 15 is 0 Å². The zero-order valence-electron chi connectivity index (χ0n) is 43.3. The first-order valence-corrected chi connectivity index (χ1v) is 27.0. The average Bonchev–Trinajstić information content (AvgIpc) is 4.08. The highest BCUT2D eigenvalue weighted by Crippen LogP contribution is 2.49. The van der Waals surface area contributed by atoms with E-state index in [2.05, 4.69) is 300 Å². The number of aromatic amines is 1. The van der Waals surface area contributed by atoms with Gasteiger partial charge in [0.25, 0.3) is 0 Å². The van der Waals surface area contributed by atoms with E-state index in [9.17, 15) is 0 Å². The second-order valence-electron chi connectivity index (χ2n) is 19.7. The normalized spacial score (nSPS) is 13.4. The van der Waals surface area contributed by atoms with E-state index in [0.717, 1.165) is 34.5 Å². The summed E-state index contributed by atoms with van der Waals surface area (Å²) in [6.07, 6.45) is 7.81. The Balaban J connectivity index is 0.00000280. The molecule has 0 saturated heterocycles. The molecule has 0 fully saturated rings. The van der Waals surface area contributed by atoms with E-state index in [0.29, 0.717) is 6.04 Å². The third kappa shape index (κ3) is 9.02. The molecule has 0 radical (unpaired) electrons. The van der Waals surface area contributed by atoms with Crippen LogP contribution in [0.2, 0.25) is 0 Å². The van der Waals surface area contributed by atoms with Crippen molar-refractivity contribution >= 4 is 55.8 Å². The van der Waals surface area contributed by atoms with Gasteiger partial charge >= 0.3 is 0 Å². The van der Waals surface area contributed by atoms with Crippen LogP contribution in [-0.4, -0.2) is 11.0 Å². The standard InChI is InChI=1S/C72H51N3.C2H6/c1-4-12-61(13-5-1)74(62-14-6-2-7-15-62)64-41-36-54(37-42-64)53-22-20-49(21-23-53)50-24-30-55(31-25-50)58-38-43-69-66(46-58)67-47-59(39-44-70(67)73-69)56-32-26-51(27-33-56)52-28-34-57(35-29-52)60-40-45-72-68(48-60)65-18-10-11-19-71(65)75(72)63-16-8-3-9-17-63;1-2/h1-18,20-48,71,73H,19H2;1-2H3. The Morgan fingerprint density at radius 1 is 0.364 bits per heavy atom. The van der Waals surface area contributed by atoms with Gasteiger partial charge in [-0.15, -0.1) is 0 Å². The molecule has 11 aromatic carbocycles. The van der Waals surface area contributed by atoms with Crippen molar-refractivity contribution in [1.29, 1.82) is 0 Å². The number of nitrogens with zero attached hydrogens (tertiary/aromatic N) is 2. The number of rotatable bonds is 10. The first-order valence-electron chi connectivity index (χ1n) is 27.0. The fourth-order valence-corrected chi connectivity index (χ4v) is 11.4. The molecule has 1 N–H and O–H groups in total. The topological polar surface area (TPSA) is 22.3 Å². The zero-order chi connectivity index (χ0) is 51.7. The van der Waals surface area contributed by atoms with Gasteiger partial charge in [-0.05, 0) is 164 Å². The molecule has 0 bridgehead atoms. The number of hydrogen-bond donors (Lipinski definition) is 1. The van der Waals surface area contributed by atoms with Crippen molar-refractivity contribution in [3.63, 3.8) is 0 Å². The molecule has 0 spiro atoms. The van der Waals surface area contributed by atoms with Gasteiger partial charge in [-0.2, -0.15) is 0 Å². The molecule has 1 aromatic heterocycles. The SMILES string of the molecule is C1=CCC2C(=C1)c1cc(-c3ccc(-c4ccc(-c5ccc6[nH]c7ccc(-c8ccc(-c9ccc(-c%10ccc(N(c%11ccccc%11)c%11ccccc%11)cc%10)cc9)cc8)cc7c6c5)cc4)cc3)ccc1N2c1ccccc1.CC. The summed E-state index contributed by atoms with van der Waals surface area (Å²) in [6, 6.07) is 97.6. The van der Waals surface area contributed by atoms with Crippen molar-refractivity contribution in [2.24, 2.45) is 0 Å². The molecule has 77 heavy (non-hydrogen) atoms. The Morgan fingerprint density at radius 2 is 0.714 bits per heavy atom. The van der Waals surface area contributed by atoms with Crippen LogP contribution in [0.1, 0.15) is 25.8 Å². The Morgan fingerprint density at radius 3 is 1.16 bits per heavy atom. The maximum absolute atomic E-state index is 3.67. The molecule has 1 unspecified atom stereocenters. The largest absolute Gasteiger partial charge is 0.355 e. The number of para-hydroxylation sites is 3. The van der Waals surface area contributed by atoms with E-state index in [1.807, 2.05) is 13.8 Å². The van der Waals surface area contributed by atoms with E-state index in [4.69, 9.17) is 0 Å². The molecule has 368 valence electrons. The molecule has 0 saturated carbocycles. The monoisotopic (exact) mass is 987 g/mol. The second kappa shape index (κ2) is 20.5. The van der Waals surface area contributed by atoms with Gasteiger partial charge in [-0.3, -0.25) is 0 Å². The van der Waals surface area contributed by atoms with Crippen molar-refractivity contribution in [3.05, 3.63) is 291 Å². The van der Waals surface area contributed by atoms with Crippen LogP contribution in [0.4, 0.5) is 28.4 Å². The molecule has 1 atom stereocenters. The van der Waals surface area contributed by atoms with Crippen molar-refractivity contribution in [2.75, 3.05) is 9.80 Å².